The van der Waals surface area contributed by atoms with Crippen LogP contribution in [0.2, 0.25) is 5.02 Å². The number of carbonyl (C=O) groups is 3. The van der Waals surface area contributed by atoms with Crippen molar-refractivity contribution >= 4 is 52.0 Å². The molecule has 1 aromatic rings. The molecule has 0 aliphatic carbocycles. The zero-order valence-corrected chi connectivity index (χ0v) is 25.3. The highest BCUT2D eigenvalue weighted by Crippen LogP contribution is 2.34. The molecule has 3 unspecified atom stereocenters. The highest BCUT2D eigenvalue weighted by Gasteiger charge is 2.43. The number of fused-ring (bicyclic) bond motifs is 2. The van der Waals surface area contributed by atoms with E-state index in [2.05, 4.69) is 34.7 Å². The lowest BCUT2D eigenvalue weighted by Crippen LogP contribution is -2.54. The van der Waals surface area contributed by atoms with Gasteiger partial charge in [-0.05, 0) is 64.8 Å². The number of benzene rings is 1. The second kappa shape index (κ2) is 11.4. The van der Waals surface area contributed by atoms with Gasteiger partial charge in [0.15, 0.2) is 5.04 Å². The van der Waals surface area contributed by atoms with Gasteiger partial charge >= 0.3 is 6.09 Å². The smallest absolute Gasteiger partial charge is 0.410 e. The number of anilines is 1. The minimum atomic E-state index is -0.659. The van der Waals surface area contributed by atoms with Crippen molar-refractivity contribution in [3.63, 3.8) is 0 Å². The van der Waals surface area contributed by atoms with Gasteiger partial charge in [-0.1, -0.05) is 23.4 Å². The molecular weight excluding hydrogens is 552 g/mol. The van der Waals surface area contributed by atoms with E-state index in [1.165, 1.54) is 11.8 Å². The summed E-state index contributed by atoms with van der Waals surface area (Å²) in [5.41, 5.74) is 1.20. The summed E-state index contributed by atoms with van der Waals surface area (Å²) < 4.78 is 5.58. The van der Waals surface area contributed by atoms with Gasteiger partial charge in [0.1, 0.15) is 11.6 Å². The molecule has 12 heteroatoms. The van der Waals surface area contributed by atoms with E-state index >= 15 is 0 Å². The molecule has 4 aliphatic heterocycles. The summed E-state index contributed by atoms with van der Waals surface area (Å²) >= 11 is 7.66. The minimum Gasteiger partial charge on any atom is -0.444 e. The molecule has 2 saturated heterocycles. The topological polar surface area (TPSA) is 115 Å². The van der Waals surface area contributed by atoms with Crippen LogP contribution >= 0.6 is 23.4 Å². The lowest BCUT2D eigenvalue weighted by atomic mass is 10.0. The molecule has 4 heterocycles. The summed E-state index contributed by atoms with van der Waals surface area (Å²) in [4.78, 5) is 48.3. The van der Waals surface area contributed by atoms with E-state index in [0.717, 1.165) is 30.8 Å². The average Bonchev–Trinajstić information content (AvgIpc) is 3.59. The van der Waals surface area contributed by atoms with E-state index < -0.39 is 29.8 Å². The number of ether oxygens (including phenoxy) is 1. The number of aliphatic imine (C=N–C) groups is 1. The third-order valence-electron chi connectivity index (χ3n) is 7.78. The number of likely N-dealkylation sites (tertiary alicyclic amines) is 2. The maximum Gasteiger partial charge on any atom is 0.410 e. The predicted octanol–water partition coefficient (Wildman–Crippen LogP) is 2.89. The molecule has 5 rings (SSSR count). The molecule has 40 heavy (non-hydrogen) atoms. The van der Waals surface area contributed by atoms with E-state index in [-0.39, 0.29) is 36.2 Å². The summed E-state index contributed by atoms with van der Waals surface area (Å²) in [5, 5.41) is 10.8. The van der Waals surface area contributed by atoms with Gasteiger partial charge in [-0.3, -0.25) is 19.5 Å². The van der Waals surface area contributed by atoms with Crippen LogP contribution in [-0.2, 0) is 20.7 Å². The maximum absolute atomic E-state index is 13.4. The number of hydrogen-bond acceptors (Lipinski definition) is 8. The second-order valence-corrected chi connectivity index (χ2v) is 14.0. The molecule has 0 bridgehead atoms. The number of piperidine rings is 1. The third-order valence-corrected chi connectivity index (χ3v) is 9.29. The first kappa shape index (κ1) is 29.0. The van der Waals surface area contributed by atoms with Crippen LogP contribution in [0.5, 0.6) is 0 Å². The molecule has 5 atom stereocenters. The van der Waals surface area contributed by atoms with E-state index in [1.54, 1.807) is 11.0 Å². The van der Waals surface area contributed by atoms with Crippen LogP contribution in [0, 0.1) is 0 Å². The van der Waals surface area contributed by atoms with Gasteiger partial charge in [-0.2, -0.15) is 0 Å². The number of carbonyl (C=O) groups excluding carboxylic acids is 3. The molecule has 3 amide bonds. The quantitative estimate of drug-likeness (QED) is 0.483. The zero-order chi connectivity index (χ0) is 28.8. The Kier molecular flexibility index (Phi) is 8.27. The summed E-state index contributed by atoms with van der Waals surface area (Å²) in [5.74, 6) is -0.457. The second-order valence-electron chi connectivity index (χ2n) is 12.3. The number of nitrogens with one attached hydrogen (secondary N) is 3. The number of nitrogens with zero attached hydrogens (tertiary/aromatic N) is 3. The van der Waals surface area contributed by atoms with Crippen molar-refractivity contribution < 1.29 is 19.1 Å². The fourth-order valence-corrected chi connectivity index (χ4v) is 7.14. The highest BCUT2D eigenvalue weighted by atomic mass is 35.5. The Morgan fingerprint density at radius 3 is 2.58 bits per heavy atom. The maximum atomic E-state index is 13.4. The van der Waals surface area contributed by atoms with E-state index in [4.69, 9.17) is 21.3 Å². The van der Waals surface area contributed by atoms with Crippen molar-refractivity contribution in [1.82, 2.24) is 20.4 Å². The molecule has 218 valence electrons. The van der Waals surface area contributed by atoms with E-state index in [9.17, 15) is 14.4 Å². The SMILES string of the molecule is CC(C)N1CCC2N=C(C(=O)N[C@@H]3CN(C(=O)OC(C)(C)C)C[C@H]3NC(=O)C3Cc4cc(Cl)ccc4N3)SC2C1. The molecule has 0 saturated carbocycles. The van der Waals surface area contributed by atoms with Crippen LogP contribution in [0.3, 0.4) is 0 Å². The van der Waals surface area contributed by atoms with Gasteiger partial charge < -0.3 is 25.6 Å². The first-order valence-corrected chi connectivity index (χ1v) is 15.2. The minimum absolute atomic E-state index is 0.140. The van der Waals surface area contributed by atoms with Gasteiger partial charge in [0.2, 0.25) is 5.91 Å². The third kappa shape index (κ3) is 6.52. The largest absolute Gasteiger partial charge is 0.444 e. The Hall–Kier alpha value is -2.50. The van der Waals surface area contributed by atoms with Crippen LogP contribution < -0.4 is 16.0 Å². The summed E-state index contributed by atoms with van der Waals surface area (Å²) in [6, 6.07) is 4.67. The molecule has 4 aliphatic rings. The highest BCUT2D eigenvalue weighted by molar-refractivity contribution is 8.16. The van der Waals surface area contributed by atoms with E-state index in [0.29, 0.717) is 22.5 Å². The van der Waals surface area contributed by atoms with Gasteiger partial charge in [-0.25, -0.2) is 4.79 Å². The van der Waals surface area contributed by atoms with Crippen molar-refractivity contribution in [1.29, 1.82) is 0 Å². The molecule has 1 aromatic carbocycles. The molecule has 2 fully saturated rings. The van der Waals surface area contributed by atoms with Gasteiger partial charge in [0.05, 0.1) is 18.1 Å². The Balaban J connectivity index is 1.25. The Morgan fingerprint density at radius 1 is 1.15 bits per heavy atom. The number of amides is 3. The predicted molar refractivity (Wildman–Crippen MR) is 158 cm³/mol. The molecular formula is C28H39ClN6O4S. The lowest BCUT2D eigenvalue weighted by Gasteiger charge is -2.35. The van der Waals surface area contributed by atoms with Crippen LogP contribution in [0.1, 0.15) is 46.6 Å². The average molecular weight is 591 g/mol. The summed E-state index contributed by atoms with van der Waals surface area (Å²) in [6.45, 7) is 12.1. The molecule has 3 N–H and O–H groups in total. The number of halogens is 1. The van der Waals surface area contributed by atoms with Crippen LogP contribution in [-0.4, -0.2) is 100.0 Å². The number of hydrogen-bond donors (Lipinski definition) is 3. The molecule has 0 spiro atoms. The van der Waals surface area contributed by atoms with Crippen LogP contribution in [0.4, 0.5) is 10.5 Å². The van der Waals surface area contributed by atoms with Crippen LogP contribution in [0.15, 0.2) is 23.2 Å². The Morgan fingerprint density at radius 2 is 1.88 bits per heavy atom. The fraction of sp³-hybridized carbons (Fsp3) is 0.643. The summed E-state index contributed by atoms with van der Waals surface area (Å²) in [7, 11) is 0. The molecule has 0 radical (unpaired) electrons. The standard InChI is InChI=1S/C28H39ClN6O4S/c1-15(2)34-9-8-19-23(14-34)40-26(33-19)25(37)32-22-13-35(27(38)39-28(3,4)5)12-21(22)31-24(36)20-11-16-10-17(29)6-7-18(16)30-20/h6-7,10,15,19-23,30H,8-9,11-14H2,1-5H3,(H,31,36)(H,32,37)/t19?,20?,21-,22-,23?/m1/s1. The van der Waals surface area contributed by atoms with E-state index in [1.807, 2.05) is 32.9 Å². The van der Waals surface area contributed by atoms with Crippen molar-refractivity contribution in [2.24, 2.45) is 4.99 Å². The molecule has 0 aromatic heterocycles. The van der Waals surface area contributed by atoms with Crippen molar-refractivity contribution in [2.75, 3.05) is 31.5 Å². The lowest BCUT2D eigenvalue weighted by molar-refractivity contribution is -0.123. The normalized spacial score (nSPS) is 28.0. The van der Waals surface area contributed by atoms with Crippen LogP contribution in [0.25, 0.3) is 0 Å². The van der Waals surface area contributed by atoms with Gasteiger partial charge in [0, 0.05) is 54.6 Å². The monoisotopic (exact) mass is 590 g/mol. The van der Waals surface area contributed by atoms with Gasteiger partial charge in [-0.15, -0.1) is 0 Å². The fourth-order valence-electron chi connectivity index (χ4n) is 5.67. The Bertz CT molecular complexity index is 1200. The van der Waals surface area contributed by atoms with Crippen molar-refractivity contribution in [3.8, 4) is 0 Å². The first-order valence-electron chi connectivity index (χ1n) is 14.0. The van der Waals surface area contributed by atoms with Crippen molar-refractivity contribution in [2.45, 2.75) is 88.5 Å². The first-order chi connectivity index (χ1) is 18.9. The molecule has 10 nitrogen and oxygen atoms in total. The van der Waals surface area contributed by atoms with Crippen molar-refractivity contribution in [3.05, 3.63) is 28.8 Å². The Labute approximate surface area is 245 Å². The zero-order valence-electron chi connectivity index (χ0n) is 23.7. The van der Waals surface area contributed by atoms with Gasteiger partial charge in [0.25, 0.3) is 5.91 Å². The number of rotatable bonds is 5. The summed E-state index contributed by atoms with van der Waals surface area (Å²) in [6.07, 6.45) is 0.963. The number of thioether (sulfide) groups is 1.